The second-order valence-electron chi connectivity index (χ2n) is 11.2. The summed E-state index contributed by atoms with van der Waals surface area (Å²) < 4.78 is 27.9. The van der Waals surface area contributed by atoms with Crippen LogP contribution in [0.25, 0.3) is 11.0 Å². The van der Waals surface area contributed by atoms with E-state index in [-0.39, 0.29) is 66.5 Å². The van der Waals surface area contributed by atoms with Crippen molar-refractivity contribution in [3.05, 3.63) is 83.3 Å². The Morgan fingerprint density at radius 2 is 1.89 bits per heavy atom. The first-order valence-corrected chi connectivity index (χ1v) is 14.9. The van der Waals surface area contributed by atoms with E-state index in [1.165, 1.54) is 34.5 Å². The Balaban J connectivity index is 1.48. The van der Waals surface area contributed by atoms with Gasteiger partial charge in [-0.3, -0.25) is 24.2 Å². The minimum absolute atomic E-state index is 0.0363. The summed E-state index contributed by atoms with van der Waals surface area (Å²) in [4.78, 5) is 56.7. The molecule has 2 N–H and O–H groups in total. The molecular formula is C32H28ClF2N7O3. The van der Waals surface area contributed by atoms with Crippen molar-refractivity contribution in [1.82, 2.24) is 20.3 Å². The zero-order chi connectivity index (χ0) is 31.7. The first kappa shape index (κ1) is 30.1. The fourth-order valence-corrected chi connectivity index (χ4v) is 6.31. The minimum atomic E-state index is -2.80. The molecule has 4 aromatic rings. The van der Waals surface area contributed by atoms with E-state index in [0.29, 0.717) is 16.6 Å². The fourth-order valence-electron chi connectivity index (χ4n) is 6.07. The number of aromatic amines is 1. The van der Waals surface area contributed by atoms with Crippen LogP contribution in [0.3, 0.4) is 0 Å². The highest BCUT2D eigenvalue weighted by Gasteiger charge is 2.45. The van der Waals surface area contributed by atoms with Crippen LogP contribution in [-0.2, 0) is 14.4 Å². The lowest BCUT2D eigenvalue weighted by molar-refractivity contribution is -0.128. The maximum atomic E-state index is 14.9. The van der Waals surface area contributed by atoms with Gasteiger partial charge in [-0.15, -0.1) is 0 Å². The molecule has 230 valence electrons. The van der Waals surface area contributed by atoms with Crippen molar-refractivity contribution in [1.29, 1.82) is 5.26 Å². The van der Waals surface area contributed by atoms with Crippen LogP contribution in [0.1, 0.15) is 55.7 Å². The summed E-state index contributed by atoms with van der Waals surface area (Å²) >= 11 is 6.67. The van der Waals surface area contributed by atoms with Crippen molar-refractivity contribution in [2.75, 3.05) is 9.80 Å². The molecule has 3 heterocycles. The molecule has 2 fully saturated rings. The number of imidazole rings is 1. The number of anilines is 2. The molecule has 1 saturated heterocycles. The van der Waals surface area contributed by atoms with Crippen LogP contribution >= 0.6 is 11.6 Å². The highest BCUT2D eigenvalue weighted by molar-refractivity contribution is 6.32. The van der Waals surface area contributed by atoms with Crippen LogP contribution in [0.15, 0.2) is 67.1 Å². The minimum Gasteiger partial charge on any atom is -0.351 e. The van der Waals surface area contributed by atoms with E-state index in [0.717, 1.165) is 0 Å². The molecule has 1 aliphatic carbocycles. The number of halogens is 3. The summed E-state index contributed by atoms with van der Waals surface area (Å²) in [5.74, 6) is -4.24. The van der Waals surface area contributed by atoms with Gasteiger partial charge in [-0.1, -0.05) is 35.9 Å². The van der Waals surface area contributed by atoms with Gasteiger partial charge in [0, 0.05) is 42.1 Å². The molecule has 3 amide bonds. The maximum Gasteiger partial charge on any atom is 0.251 e. The lowest BCUT2D eigenvalue weighted by Gasteiger charge is -2.37. The number of hydrogen-bond acceptors (Lipinski definition) is 6. The molecule has 1 saturated carbocycles. The molecule has 13 heteroatoms. The van der Waals surface area contributed by atoms with E-state index in [2.05, 4.69) is 20.3 Å². The Morgan fingerprint density at radius 1 is 1.11 bits per heavy atom. The molecule has 6 rings (SSSR count). The van der Waals surface area contributed by atoms with E-state index >= 15 is 0 Å². The topological polar surface area (TPSA) is 135 Å². The van der Waals surface area contributed by atoms with E-state index < -0.39 is 35.9 Å². The molecule has 0 spiro atoms. The number of aromatic nitrogens is 3. The molecule has 2 atom stereocenters. The molecule has 2 unspecified atom stereocenters. The number of nitrogens with one attached hydrogen (secondary N) is 2. The zero-order valence-corrected chi connectivity index (χ0v) is 24.7. The van der Waals surface area contributed by atoms with Gasteiger partial charge in [0.15, 0.2) is 0 Å². The lowest BCUT2D eigenvalue weighted by Crippen LogP contribution is -2.53. The number of alkyl halides is 2. The highest BCUT2D eigenvalue weighted by Crippen LogP contribution is 2.39. The first-order chi connectivity index (χ1) is 21.7. The molecule has 0 radical (unpaired) electrons. The van der Waals surface area contributed by atoms with Crippen molar-refractivity contribution in [3.8, 4) is 6.07 Å². The van der Waals surface area contributed by atoms with Crippen molar-refractivity contribution >= 4 is 51.9 Å². The van der Waals surface area contributed by atoms with Gasteiger partial charge in [0.25, 0.3) is 5.91 Å². The number of rotatable bonds is 7. The summed E-state index contributed by atoms with van der Waals surface area (Å²) in [6, 6.07) is 13.7. The molecule has 45 heavy (non-hydrogen) atoms. The molecule has 2 aromatic heterocycles. The van der Waals surface area contributed by atoms with Gasteiger partial charge in [-0.25, -0.2) is 18.7 Å². The van der Waals surface area contributed by atoms with Crippen LogP contribution in [-0.4, -0.2) is 50.7 Å². The Bertz CT molecular complexity index is 1810. The van der Waals surface area contributed by atoms with Gasteiger partial charge < -0.3 is 10.3 Å². The molecule has 1 aliphatic heterocycles. The van der Waals surface area contributed by atoms with Crippen LogP contribution < -0.4 is 15.1 Å². The number of fused-ring (bicyclic) bond motifs is 1. The smallest absolute Gasteiger partial charge is 0.251 e. The number of carbonyl (C=O) groups is 3. The maximum absolute atomic E-state index is 14.9. The Labute approximate surface area is 262 Å². The van der Waals surface area contributed by atoms with E-state index in [9.17, 15) is 28.4 Å². The Kier molecular flexibility index (Phi) is 8.20. The predicted octanol–water partition coefficient (Wildman–Crippen LogP) is 5.45. The lowest BCUT2D eigenvalue weighted by atomic mass is 9.91. The number of benzene rings is 2. The number of nitriles is 1. The second kappa shape index (κ2) is 12.2. The highest BCUT2D eigenvalue weighted by atomic mass is 35.5. The average Bonchev–Trinajstić information content (AvgIpc) is 3.68. The molecule has 0 bridgehead atoms. The Hall–Kier alpha value is -4.89. The zero-order valence-electron chi connectivity index (χ0n) is 23.9. The number of nitrogens with zero attached hydrogens (tertiary/aromatic N) is 5. The van der Waals surface area contributed by atoms with Gasteiger partial charge in [-0.2, -0.15) is 5.26 Å². The van der Waals surface area contributed by atoms with Gasteiger partial charge in [-0.05, 0) is 49.6 Å². The second-order valence-corrected chi connectivity index (χ2v) is 11.6. The van der Waals surface area contributed by atoms with Crippen LogP contribution in [0.2, 0.25) is 5.02 Å². The van der Waals surface area contributed by atoms with E-state index in [1.807, 2.05) is 6.07 Å². The Morgan fingerprint density at radius 3 is 2.64 bits per heavy atom. The average molecular weight is 632 g/mol. The van der Waals surface area contributed by atoms with Gasteiger partial charge in [0.2, 0.25) is 17.7 Å². The quantitative estimate of drug-likeness (QED) is 0.279. The number of amides is 3. The van der Waals surface area contributed by atoms with Gasteiger partial charge in [0.05, 0.1) is 29.2 Å². The molecule has 10 nitrogen and oxygen atoms in total. The standard InChI is InChI=1S/C32H28ClF2N7O3/c33-22-5-2-1-4-21(22)29(30(44)40-20-10-13-32(34,35)14-11-20)42(24-7-3-6-23-28(24)39-18-38-23)31(45)25-8-9-27(43)41(25)26-16-19(17-36)12-15-37-26/h1-7,12,15-16,18,20,25,29H,8-11,13-14H2,(H,38,39)(H,40,44). The van der Waals surface area contributed by atoms with E-state index in [1.54, 1.807) is 42.5 Å². The largest absolute Gasteiger partial charge is 0.351 e. The van der Waals surface area contributed by atoms with E-state index in [4.69, 9.17) is 11.6 Å². The van der Waals surface area contributed by atoms with Crippen molar-refractivity contribution in [2.24, 2.45) is 0 Å². The number of pyridine rings is 1. The number of H-pyrrole nitrogens is 1. The van der Waals surface area contributed by atoms with Gasteiger partial charge in [0.1, 0.15) is 23.4 Å². The number of para-hydroxylation sites is 1. The summed E-state index contributed by atoms with van der Waals surface area (Å²) in [6.45, 7) is 0. The summed E-state index contributed by atoms with van der Waals surface area (Å²) in [5, 5.41) is 12.6. The fraction of sp³-hybridized carbons (Fsp3) is 0.312. The third-order valence-corrected chi connectivity index (χ3v) is 8.66. The summed E-state index contributed by atoms with van der Waals surface area (Å²) in [7, 11) is 0. The monoisotopic (exact) mass is 631 g/mol. The third-order valence-electron chi connectivity index (χ3n) is 8.31. The summed E-state index contributed by atoms with van der Waals surface area (Å²) in [5.41, 5.74) is 1.84. The third kappa shape index (κ3) is 5.95. The molecule has 2 aliphatic rings. The van der Waals surface area contributed by atoms with Crippen molar-refractivity contribution in [3.63, 3.8) is 0 Å². The van der Waals surface area contributed by atoms with Crippen LogP contribution in [0.4, 0.5) is 20.3 Å². The molecule has 2 aromatic carbocycles. The number of hydrogen-bond donors (Lipinski definition) is 2. The van der Waals surface area contributed by atoms with Crippen molar-refractivity contribution in [2.45, 2.75) is 62.6 Å². The van der Waals surface area contributed by atoms with Crippen LogP contribution in [0, 0.1) is 11.3 Å². The summed E-state index contributed by atoms with van der Waals surface area (Å²) in [6.07, 6.45) is 2.43. The molecular weight excluding hydrogens is 604 g/mol. The first-order valence-electron chi connectivity index (χ1n) is 14.5. The normalized spacial score (nSPS) is 18.8. The number of carbonyl (C=O) groups excluding carboxylic acids is 3. The predicted molar refractivity (Wildman–Crippen MR) is 163 cm³/mol. The SMILES string of the molecule is N#Cc1ccnc(N2C(=O)CCC2C(=O)N(c2cccc3[nH]cnc23)C(C(=O)NC2CCC(F)(F)CC2)c2ccccc2Cl)c1. The van der Waals surface area contributed by atoms with Gasteiger partial charge >= 0.3 is 0 Å². The van der Waals surface area contributed by atoms with Crippen molar-refractivity contribution < 1.29 is 23.2 Å². The van der Waals surface area contributed by atoms with Crippen LogP contribution in [0.5, 0.6) is 0 Å².